The van der Waals surface area contributed by atoms with Gasteiger partial charge in [0.05, 0.1) is 13.3 Å². The topological polar surface area (TPSA) is 51.0 Å². The zero-order valence-corrected chi connectivity index (χ0v) is 15.7. The van der Waals surface area contributed by atoms with Crippen molar-refractivity contribution < 1.29 is 14.4 Å². The van der Waals surface area contributed by atoms with Gasteiger partial charge in [0.15, 0.2) is 0 Å². The molecule has 5 heteroatoms. The van der Waals surface area contributed by atoms with Gasteiger partial charge in [0, 0.05) is 16.3 Å². The van der Waals surface area contributed by atoms with E-state index in [9.17, 15) is 0 Å². The van der Waals surface area contributed by atoms with Gasteiger partial charge in [-0.2, -0.15) is 0 Å². The number of rotatable bonds is 4. The quantitative estimate of drug-likeness (QED) is 0.369. The van der Waals surface area contributed by atoms with Crippen LogP contribution in [0.4, 0.5) is 0 Å². The Labute approximate surface area is 138 Å². The summed E-state index contributed by atoms with van der Waals surface area (Å²) in [6.07, 6.45) is 1.43. The first kappa shape index (κ1) is 17.3. The molecule has 0 aliphatic carbocycles. The number of benzene rings is 2. The molecular weight excluding hydrogens is 306 g/mol. The van der Waals surface area contributed by atoms with Crippen molar-refractivity contribution in [2.45, 2.75) is 38.9 Å². The normalized spacial score (nSPS) is 12.8. The summed E-state index contributed by atoms with van der Waals surface area (Å²) in [5, 5.41) is 14.1. The molecule has 0 aliphatic rings. The van der Waals surface area contributed by atoms with Crippen LogP contribution in [0, 0.1) is 0 Å². The van der Waals surface area contributed by atoms with E-state index in [0.717, 1.165) is 27.8 Å². The molecular formula is C18H25NO3Si. The van der Waals surface area contributed by atoms with E-state index in [4.69, 9.17) is 14.4 Å². The first-order valence-corrected chi connectivity index (χ1v) is 10.6. The molecule has 2 rings (SSSR count). The highest BCUT2D eigenvalue weighted by Crippen LogP contribution is 2.41. The first-order chi connectivity index (χ1) is 10.7. The van der Waals surface area contributed by atoms with Crippen molar-refractivity contribution in [2.24, 2.45) is 5.16 Å². The van der Waals surface area contributed by atoms with Crippen LogP contribution in [0.15, 0.2) is 35.5 Å². The van der Waals surface area contributed by atoms with Crippen LogP contribution in [0.2, 0.25) is 18.1 Å². The molecule has 0 saturated heterocycles. The highest BCUT2D eigenvalue weighted by Gasteiger charge is 2.39. The Morgan fingerprint density at radius 3 is 2.35 bits per heavy atom. The lowest BCUT2D eigenvalue weighted by atomic mass is 10.0. The second kappa shape index (κ2) is 6.24. The fourth-order valence-electron chi connectivity index (χ4n) is 2.23. The summed E-state index contributed by atoms with van der Waals surface area (Å²) in [7, 11) is -0.335. The lowest BCUT2D eigenvalue weighted by molar-refractivity contribution is 0.322. The minimum atomic E-state index is -1.98. The molecule has 0 fully saturated rings. The van der Waals surface area contributed by atoms with E-state index in [1.165, 1.54) is 6.21 Å². The maximum absolute atomic E-state index is 8.96. The molecule has 0 aromatic heterocycles. The summed E-state index contributed by atoms with van der Waals surface area (Å²) in [5.41, 5.74) is 0.803. The monoisotopic (exact) mass is 331 g/mol. The van der Waals surface area contributed by atoms with Gasteiger partial charge in [-0.25, -0.2) is 0 Å². The molecule has 2 aromatic rings. The van der Waals surface area contributed by atoms with E-state index in [0.29, 0.717) is 0 Å². The second-order valence-corrected chi connectivity index (χ2v) is 11.9. The van der Waals surface area contributed by atoms with E-state index in [2.05, 4.69) is 39.0 Å². The Morgan fingerprint density at radius 2 is 1.78 bits per heavy atom. The zero-order valence-electron chi connectivity index (χ0n) is 14.7. The van der Waals surface area contributed by atoms with Crippen molar-refractivity contribution >= 4 is 25.3 Å². The van der Waals surface area contributed by atoms with Crippen molar-refractivity contribution in [2.75, 3.05) is 7.11 Å². The van der Waals surface area contributed by atoms with E-state index < -0.39 is 8.32 Å². The molecule has 0 amide bonds. The number of nitrogens with zero attached hydrogens (tertiary/aromatic N) is 1. The highest BCUT2D eigenvalue weighted by atomic mass is 28.4. The fourth-order valence-corrected chi connectivity index (χ4v) is 3.26. The molecule has 0 aliphatic heterocycles. The lowest BCUT2D eigenvalue weighted by Gasteiger charge is -2.37. The maximum atomic E-state index is 8.96. The smallest absolute Gasteiger partial charge is 0.250 e. The number of methoxy groups -OCH3 is 1. The van der Waals surface area contributed by atoms with Crippen LogP contribution in [0.25, 0.3) is 10.8 Å². The molecule has 2 aromatic carbocycles. The predicted molar refractivity (Wildman–Crippen MR) is 97.7 cm³/mol. The van der Waals surface area contributed by atoms with Crippen LogP contribution < -0.4 is 9.16 Å². The number of oxime groups is 1. The molecule has 0 bridgehead atoms. The van der Waals surface area contributed by atoms with Gasteiger partial charge in [-0.15, -0.1) is 0 Å². The van der Waals surface area contributed by atoms with E-state index in [1.807, 2.05) is 30.3 Å². The van der Waals surface area contributed by atoms with E-state index in [1.54, 1.807) is 7.11 Å². The molecule has 0 atom stereocenters. The van der Waals surface area contributed by atoms with Gasteiger partial charge < -0.3 is 14.4 Å². The van der Waals surface area contributed by atoms with Gasteiger partial charge in [0.25, 0.3) is 8.32 Å². The molecule has 124 valence electrons. The zero-order chi connectivity index (χ0) is 17.3. The van der Waals surface area contributed by atoms with Crippen LogP contribution in [-0.2, 0) is 0 Å². The molecule has 0 heterocycles. The Kier molecular flexibility index (Phi) is 4.70. The van der Waals surface area contributed by atoms with Crippen molar-refractivity contribution in [1.29, 1.82) is 0 Å². The average molecular weight is 331 g/mol. The molecule has 0 unspecified atom stereocenters. The Bertz CT molecular complexity index is 733. The van der Waals surface area contributed by atoms with Gasteiger partial charge in [-0.3, -0.25) is 0 Å². The van der Waals surface area contributed by atoms with Crippen LogP contribution in [0.1, 0.15) is 26.3 Å². The third-order valence-corrected chi connectivity index (χ3v) is 8.93. The molecule has 4 nitrogen and oxygen atoms in total. The summed E-state index contributed by atoms with van der Waals surface area (Å²) in [6.45, 7) is 11.1. The summed E-state index contributed by atoms with van der Waals surface area (Å²) < 4.78 is 12.0. The van der Waals surface area contributed by atoms with E-state index >= 15 is 0 Å². The fraction of sp³-hybridized carbons (Fsp3) is 0.389. The lowest BCUT2D eigenvalue weighted by Crippen LogP contribution is -2.43. The number of fused-ring (bicyclic) bond motifs is 1. The average Bonchev–Trinajstić information content (AvgIpc) is 2.46. The maximum Gasteiger partial charge on any atom is 0.250 e. The largest absolute Gasteiger partial charge is 0.543 e. The Hall–Kier alpha value is -2.01. The second-order valence-electron chi connectivity index (χ2n) is 7.14. The molecule has 23 heavy (non-hydrogen) atoms. The van der Waals surface area contributed by atoms with E-state index in [-0.39, 0.29) is 5.04 Å². The summed E-state index contributed by atoms with van der Waals surface area (Å²) >= 11 is 0. The van der Waals surface area contributed by atoms with Crippen molar-refractivity contribution in [1.82, 2.24) is 0 Å². The Morgan fingerprint density at radius 1 is 1.09 bits per heavy atom. The summed E-state index contributed by atoms with van der Waals surface area (Å²) in [5.74, 6) is 1.58. The number of hydrogen-bond donors (Lipinski definition) is 1. The number of hydrogen-bond acceptors (Lipinski definition) is 4. The Balaban J connectivity index is 2.69. The van der Waals surface area contributed by atoms with Crippen molar-refractivity contribution in [3.8, 4) is 11.5 Å². The SMILES string of the molecule is COc1ccc(/C=N/O)c2c(O[Si](C)(C)C(C)(C)C)cccc12. The van der Waals surface area contributed by atoms with Crippen LogP contribution >= 0.6 is 0 Å². The van der Waals surface area contributed by atoms with Crippen LogP contribution in [0.5, 0.6) is 11.5 Å². The standard InChI is InChI=1S/C18H25NO3Si/c1-18(2,3)23(5,6)22-16-9-7-8-14-15(21-4)11-10-13(12-19-20)17(14)16/h7-12,20H,1-6H3/b19-12+. The molecule has 0 radical (unpaired) electrons. The van der Waals surface area contributed by atoms with Gasteiger partial charge in [-0.05, 0) is 36.3 Å². The first-order valence-electron chi connectivity index (χ1n) is 7.67. The minimum absolute atomic E-state index is 0.0965. The molecule has 0 saturated carbocycles. The van der Waals surface area contributed by atoms with Gasteiger partial charge in [-0.1, -0.05) is 38.1 Å². The molecule has 1 N–H and O–H groups in total. The van der Waals surface area contributed by atoms with Gasteiger partial charge in [0.1, 0.15) is 11.5 Å². The number of ether oxygens (including phenoxy) is 1. The summed E-state index contributed by atoms with van der Waals surface area (Å²) in [4.78, 5) is 0. The van der Waals surface area contributed by atoms with Crippen LogP contribution in [0.3, 0.4) is 0 Å². The predicted octanol–water partition coefficient (Wildman–Crippen LogP) is 5.04. The van der Waals surface area contributed by atoms with Crippen molar-refractivity contribution in [3.63, 3.8) is 0 Å². The minimum Gasteiger partial charge on any atom is -0.543 e. The van der Waals surface area contributed by atoms with Crippen molar-refractivity contribution in [3.05, 3.63) is 35.9 Å². The highest BCUT2D eigenvalue weighted by molar-refractivity contribution is 6.74. The van der Waals surface area contributed by atoms with Gasteiger partial charge >= 0.3 is 0 Å². The molecule has 0 spiro atoms. The third-order valence-electron chi connectivity index (χ3n) is 4.58. The van der Waals surface area contributed by atoms with Crippen LogP contribution in [-0.4, -0.2) is 26.8 Å². The van der Waals surface area contributed by atoms with Gasteiger partial charge in [0.2, 0.25) is 0 Å². The third kappa shape index (κ3) is 3.34. The summed E-state index contributed by atoms with van der Waals surface area (Å²) in [6, 6.07) is 9.67.